The van der Waals surface area contributed by atoms with Gasteiger partial charge in [-0.25, -0.2) is 0 Å². The van der Waals surface area contributed by atoms with E-state index in [-0.39, 0.29) is 5.78 Å². The van der Waals surface area contributed by atoms with Crippen LogP contribution in [-0.2, 0) is 5.60 Å². The molecule has 0 radical (unpaired) electrons. The first kappa shape index (κ1) is 24.8. The summed E-state index contributed by atoms with van der Waals surface area (Å²) in [5.74, 6) is 2.16. The largest absolute Gasteiger partial charge is 0.457 e. The van der Waals surface area contributed by atoms with Crippen molar-refractivity contribution < 1.29 is 19.4 Å². The van der Waals surface area contributed by atoms with Crippen LogP contribution in [0.15, 0.2) is 109 Å². The van der Waals surface area contributed by atoms with Gasteiger partial charge in [0.15, 0.2) is 5.78 Å². The van der Waals surface area contributed by atoms with E-state index in [4.69, 9.17) is 9.47 Å². The number of ketones is 1. The SMILES string of the molecule is CCN1CCC(O)(c2ccc(Oc3ccccc3)cc2)C(C(=O)c2ccc(Oc3ccccc3)cc2)C1. The Hall–Kier alpha value is -3.93. The number of piperidine rings is 1. The third-order valence-corrected chi connectivity index (χ3v) is 7.04. The number of carbonyl (C=O) groups excluding carboxylic acids is 1. The summed E-state index contributed by atoms with van der Waals surface area (Å²) < 4.78 is 11.8. The molecule has 0 bridgehead atoms. The number of benzene rings is 4. The van der Waals surface area contributed by atoms with Gasteiger partial charge in [0.05, 0.1) is 5.92 Å². The molecular formula is C32H31NO4. The fourth-order valence-corrected chi connectivity index (χ4v) is 4.89. The Bertz CT molecular complexity index is 1310. The van der Waals surface area contributed by atoms with Crippen LogP contribution in [0.4, 0.5) is 0 Å². The normalized spacial score (nSPS) is 19.8. The molecule has 37 heavy (non-hydrogen) atoms. The molecule has 0 saturated carbocycles. The number of hydrogen-bond acceptors (Lipinski definition) is 5. The minimum atomic E-state index is -1.27. The zero-order chi connectivity index (χ0) is 25.7. The minimum absolute atomic E-state index is 0.0727. The molecule has 5 heteroatoms. The number of aliphatic hydroxyl groups is 1. The van der Waals surface area contributed by atoms with E-state index in [0.29, 0.717) is 30.0 Å². The van der Waals surface area contributed by atoms with Crippen molar-refractivity contribution in [2.24, 2.45) is 5.92 Å². The molecule has 0 amide bonds. The van der Waals surface area contributed by atoms with Gasteiger partial charge >= 0.3 is 0 Å². The van der Waals surface area contributed by atoms with E-state index in [2.05, 4.69) is 11.8 Å². The van der Waals surface area contributed by atoms with Crippen molar-refractivity contribution in [3.63, 3.8) is 0 Å². The van der Waals surface area contributed by atoms with Gasteiger partial charge in [-0.15, -0.1) is 0 Å². The van der Waals surface area contributed by atoms with Crippen LogP contribution in [0.2, 0.25) is 0 Å². The first-order valence-electron chi connectivity index (χ1n) is 12.7. The summed E-state index contributed by atoms with van der Waals surface area (Å²) in [6.07, 6.45) is 0.478. The molecule has 1 saturated heterocycles. The van der Waals surface area contributed by atoms with Crippen LogP contribution < -0.4 is 9.47 Å². The maximum absolute atomic E-state index is 13.8. The van der Waals surface area contributed by atoms with Crippen LogP contribution >= 0.6 is 0 Å². The van der Waals surface area contributed by atoms with Crippen molar-refractivity contribution in [1.29, 1.82) is 0 Å². The third-order valence-electron chi connectivity index (χ3n) is 7.04. The number of hydrogen-bond donors (Lipinski definition) is 1. The second kappa shape index (κ2) is 11.0. The fraction of sp³-hybridized carbons (Fsp3) is 0.219. The number of Topliss-reactive ketones (excluding diaryl/α,β-unsaturated/α-hetero) is 1. The Morgan fingerprint density at radius 2 is 1.27 bits per heavy atom. The topological polar surface area (TPSA) is 59.0 Å². The van der Waals surface area contributed by atoms with E-state index in [1.807, 2.05) is 84.9 Å². The highest BCUT2D eigenvalue weighted by Gasteiger charge is 2.46. The zero-order valence-corrected chi connectivity index (χ0v) is 20.9. The van der Waals surface area contributed by atoms with Crippen molar-refractivity contribution in [3.05, 3.63) is 120 Å². The lowest BCUT2D eigenvalue weighted by Crippen LogP contribution is -2.53. The molecule has 2 atom stereocenters. The first-order chi connectivity index (χ1) is 18.0. The highest BCUT2D eigenvalue weighted by Crippen LogP contribution is 2.40. The molecule has 1 N–H and O–H groups in total. The van der Waals surface area contributed by atoms with Crippen molar-refractivity contribution in [1.82, 2.24) is 4.90 Å². The lowest BCUT2D eigenvalue weighted by molar-refractivity contribution is -0.0632. The van der Waals surface area contributed by atoms with Gasteiger partial charge in [-0.05, 0) is 79.2 Å². The van der Waals surface area contributed by atoms with Gasteiger partial charge in [0.2, 0.25) is 0 Å². The monoisotopic (exact) mass is 493 g/mol. The second-order valence-corrected chi connectivity index (χ2v) is 9.36. The van der Waals surface area contributed by atoms with Crippen LogP contribution in [-0.4, -0.2) is 35.4 Å². The lowest BCUT2D eigenvalue weighted by atomic mass is 9.72. The highest BCUT2D eigenvalue weighted by atomic mass is 16.5. The highest BCUT2D eigenvalue weighted by molar-refractivity contribution is 5.99. The van der Waals surface area contributed by atoms with Crippen LogP contribution in [0.25, 0.3) is 0 Å². The molecule has 1 fully saturated rings. The molecule has 4 aromatic carbocycles. The van der Waals surface area contributed by atoms with Gasteiger partial charge in [0.1, 0.15) is 28.6 Å². The quantitative estimate of drug-likeness (QED) is 0.277. The molecule has 1 heterocycles. The first-order valence-corrected chi connectivity index (χ1v) is 12.7. The van der Waals surface area contributed by atoms with E-state index >= 15 is 0 Å². The summed E-state index contributed by atoms with van der Waals surface area (Å²) in [5, 5.41) is 12.0. The van der Waals surface area contributed by atoms with Crippen LogP contribution in [0, 0.1) is 5.92 Å². The molecule has 5 nitrogen and oxygen atoms in total. The van der Waals surface area contributed by atoms with E-state index in [0.717, 1.165) is 30.2 Å². The van der Waals surface area contributed by atoms with E-state index in [9.17, 15) is 9.90 Å². The van der Waals surface area contributed by atoms with E-state index in [1.165, 1.54) is 0 Å². The Kier molecular flexibility index (Phi) is 7.35. The summed E-state index contributed by atoms with van der Waals surface area (Å²) in [6, 6.07) is 33.7. The van der Waals surface area contributed by atoms with Gasteiger partial charge in [-0.2, -0.15) is 0 Å². The Morgan fingerprint density at radius 3 is 1.78 bits per heavy atom. The van der Waals surface area contributed by atoms with Gasteiger partial charge in [-0.1, -0.05) is 55.5 Å². The summed E-state index contributed by atoms with van der Waals surface area (Å²) >= 11 is 0. The number of carbonyl (C=O) groups is 1. The van der Waals surface area contributed by atoms with Crippen molar-refractivity contribution >= 4 is 5.78 Å². The van der Waals surface area contributed by atoms with Crippen LogP contribution in [0.3, 0.4) is 0 Å². The summed E-state index contributed by atoms with van der Waals surface area (Å²) in [4.78, 5) is 16.0. The summed E-state index contributed by atoms with van der Waals surface area (Å²) in [6.45, 7) is 4.13. The summed E-state index contributed by atoms with van der Waals surface area (Å²) in [7, 11) is 0. The van der Waals surface area contributed by atoms with Gasteiger partial charge in [-0.3, -0.25) is 4.79 Å². The number of para-hydroxylation sites is 2. The van der Waals surface area contributed by atoms with Crippen molar-refractivity contribution in [2.75, 3.05) is 19.6 Å². The maximum atomic E-state index is 13.8. The van der Waals surface area contributed by atoms with Gasteiger partial charge in [0, 0.05) is 18.7 Å². The molecular weight excluding hydrogens is 462 g/mol. The molecule has 0 aromatic heterocycles. The van der Waals surface area contributed by atoms with E-state index in [1.54, 1.807) is 24.3 Å². The molecule has 0 aliphatic carbocycles. The van der Waals surface area contributed by atoms with Gasteiger partial charge < -0.3 is 19.5 Å². The third kappa shape index (κ3) is 5.58. The minimum Gasteiger partial charge on any atom is -0.457 e. The smallest absolute Gasteiger partial charge is 0.170 e. The average molecular weight is 494 g/mol. The predicted molar refractivity (Wildman–Crippen MR) is 144 cm³/mol. The Balaban J connectivity index is 1.37. The molecule has 1 aliphatic rings. The second-order valence-electron chi connectivity index (χ2n) is 9.36. The lowest BCUT2D eigenvalue weighted by Gasteiger charge is -2.44. The Morgan fingerprint density at radius 1 is 0.784 bits per heavy atom. The number of nitrogens with zero attached hydrogens (tertiary/aromatic N) is 1. The summed E-state index contributed by atoms with van der Waals surface area (Å²) in [5.41, 5.74) is 0.0182. The molecule has 4 aromatic rings. The average Bonchev–Trinajstić information content (AvgIpc) is 2.95. The number of rotatable bonds is 8. The standard InChI is InChI=1S/C32H31NO4/c1-2-33-22-21-32(35,25-15-19-29(20-16-25)37-27-11-7-4-8-12-27)30(23-33)31(34)24-13-17-28(18-14-24)36-26-9-5-3-6-10-26/h3-20,30,35H,2,21-23H2,1H3. The molecule has 188 valence electrons. The van der Waals surface area contributed by atoms with Crippen LogP contribution in [0.5, 0.6) is 23.0 Å². The molecule has 0 spiro atoms. The number of likely N-dealkylation sites (tertiary alicyclic amines) is 1. The Labute approximate surface area is 217 Å². The van der Waals surface area contributed by atoms with E-state index < -0.39 is 11.5 Å². The predicted octanol–water partition coefficient (Wildman–Crippen LogP) is 6.68. The molecule has 5 rings (SSSR count). The number of ether oxygens (including phenoxy) is 2. The van der Waals surface area contributed by atoms with Crippen molar-refractivity contribution in [2.45, 2.75) is 18.9 Å². The van der Waals surface area contributed by atoms with Crippen molar-refractivity contribution in [3.8, 4) is 23.0 Å². The zero-order valence-electron chi connectivity index (χ0n) is 20.9. The molecule has 2 unspecified atom stereocenters. The molecule has 1 aliphatic heterocycles. The fourth-order valence-electron chi connectivity index (χ4n) is 4.89. The van der Waals surface area contributed by atoms with Gasteiger partial charge in [0.25, 0.3) is 0 Å². The maximum Gasteiger partial charge on any atom is 0.170 e. The van der Waals surface area contributed by atoms with Crippen LogP contribution in [0.1, 0.15) is 29.3 Å².